The molecule has 1 saturated carbocycles. The fraction of sp³-hybridized carbons (Fsp3) is 0.929. The summed E-state index contributed by atoms with van der Waals surface area (Å²) in [5.41, 5.74) is 5.68. The van der Waals surface area contributed by atoms with E-state index in [1.165, 1.54) is 6.42 Å². The topological polar surface area (TPSA) is 53.0 Å². The Bertz CT molecular complexity index is 318. The summed E-state index contributed by atoms with van der Waals surface area (Å²) in [6.45, 7) is 8.75. The van der Waals surface area contributed by atoms with Gasteiger partial charge in [0.05, 0.1) is 6.07 Å². The molecule has 0 spiro atoms. The van der Waals surface area contributed by atoms with E-state index in [0.717, 1.165) is 31.8 Å². The van der Waals surface area contributed by atoms with E-state index in [2.05, 4.69) is 31.7 Å². The summed E-state index contributed by atoms with van der Waals surface area (Å²) in [7, 11) is 0. The average Bonchev–Trinajstić information content (AvgIpc) is 3.09. The van der Waals surface area contributed by atoms with Crippen LogP contribution in [0.15, 0.2) is 0 Å². The van der Waals surface area contributed by atoms with Crippen molar-refractivity contribution in [3.8, 4) is 6.07 Å². The second kappa shape index (κ2) is 4.59. The van der Waals surface area contributed by atoms with Gasteiger partial charge in [0.1, 0.15) is 5.54 Å². The van der Waals surface area contributed by atoms with Crippen LogP contribution in [0.25, 0.3) is 0 Å². The summed E-state index contributed by atoms with van der Waals surface area (Å²) >= 11 is 0. The van der Waals surface area contributed by atoms with E-state index in [-0.39, 0.29) is 0 Å². The molecule has 4 unspecified atom stereocenters. The predicted molar refractivity (Wildman–Crippen MR) is 69.2 cm³/mol. The number of piperidine rings is 1. The van der Waals surface area contributed by atoms with Crippen LogP contribution in [-0.2, 0) is 0 Å². The molecule has 0 amide bonds. The molecular formula is C14H25N3. The summed E-state index contributed by atoms with van der Waals surface area (Å²) in [6, 6.07) is 2.93. The minimum absolute atomic E-state index is 0.437. The number of hydrogen-bond donors (Lipinski definition) is 1. The second-order valence-electron chi connectivity index (χ2n) is 6.41. The quantitative estimate of drug-likeness (QED) is 0.814. The highest BCUT2D eigenvalue weighted by molar-refractivity contribution is 5.15. The molecule has 2 fully saturated rings. The first-order valence-corrected chi connectivity index (χ1v) is 6.90. The van der Waals surface area contributed by atoms with Gasteiger partial charge in [0, 0.05) is 19.1 Å². The Labute approximate surface area is 105 Å². The van der Waals surface area contributed by atoms with Crippen LogP contribution in [0.3, 0.4) is 0 Å². The van der Waals surface area contributed by atoms with E-state index >= 15 is 0 Å². The average molecular weight is 235 g/mol. The van der Waals surface area contributed by atoms with Gasteiger partial charge in [-0.15, -0.1) is 0 Å². The Kier molecular flexibility index (Phi) is 3.47. The SMILES string of the molecule is CC1CC(C)C(C)N(CC(N)(C#N)C2CC2)C1. The van der Waals surface area contributed by atoms with Gasteiger partial charge in [-0.3, -0.25) is 4.90 Å². The maximum absolute atomic E-state index is 9.34. The number of nitrogens with two attached hydrogens (primary N) is 1. The van der Waals surface area contributed by atoms with Crippen LogP contribution < -0.4 is 5.73 Å². The van der Waals surface area contributed by atoms with Crippen LogP contribution in [0.2, 0.25) is 0 Å². The summed E-state index contributed by atoms with van der Waals surface area (Å²) in [6.07, 6.45) is 3.57. The smallest absolute Gasteiger partial charge is 0.119 e. The maximum atomic E-state index is 9.34. The van der Waals surface area contributed by atoms with E-state index in [1.54, 1.807) is 0 Å². The molecule has 0 aromatic carbocycles. The predicted octanol–water partition coefficient (Wildman–Crippen LogP) is 1.98. The number of hydrogen-bond acceptors (Lipinski definition) is 3. The van der Waals surface area contributed by atoms with Crippen molar-refractivity contribution < 1.29 is 0 Å². The molecule has 2 N–H and O–H groups in total. The lowest BCUT2D eigenvalue weighted by Crippen LogP contribution is -2.56. The third-order valence-electron chi connectivity index (χ3n) is 4.70. The van der Waals surface area contributed by atoms with E-state index < -0.39 is 5.54 Å². The molecule has 0 aromatic rings. The van der Waals surface area contributed by atoms with Crippen LogP contribution in [0.4, 0.5) is 0 Å². The number of rotatable bonds is 3. The Morgan fingerprint density at radius 1 is 1.35 bits per heavy atom. The van der Waals surface area contributed by atoms with Crippen LogP contribution in [0.5, 0.6) is 0 Å². The van der Waals surface area contributed by atoms with Crippen molar-refractivity contribution in [2.45, 2.75) is 51.6 Å². The minimum Gasteiger partial charge on any atom is -0.312 e. The van der Waals surface area contributed by atoms with Gasteiger partial charge in [-0.25, -0.2) is 0 Å². The lowest BCUT2D eigenvalue weighted by molar-refractivity contribution is 0.0631. The highest BCUT2D eigenvalue weighted by Crippen LogP contribution is 2.39. The molecular weight excluding hydrogens is 210 g/mol. The Balaban J connectivity index is 2.03. The summed E-state index contributed by atoms with van der Waals surface area (Å²) in [4.78, 5) is 2.44. The molecule has 3 heteroatoms. The highest BCUT2D eigenvalue weighted by Gasteiger charge is 2.45. The van der Waals surface area contributed by atoms with Gasteiger partial charge in [-0.2, -0.15) is 5.26 Å². The van der Waals surface area contributed by atoms with Crippen LogP contribution in [0, 0.1) is 29.1 Å². The first-order valence-electron chi connectivity index (χ1n) is 6.90. The molecule has 1 aliphatic carbocycles. The molecule has 0 radical (unpaired) electrons. The maximum Gasteiger partial charge on any atom is 0.119 e. The fourth-order valence-corrected chi connectivity index (χ4v) is 3.23. The Hall–Kier alpha value is -0.590. The zero-order valence-corrected chi connectivity index (χ0v) is 11.3. The lowest BCUT2D eigenvalue weighted by atomic mass is 9.84. The second-order valence-corrected chi connectivity index (χ2v) is 6.41. The van der Waals surface area contributed by atoms with Crippen LogP contribution in [0.1, 0.15) is 40.0 Å². The van der Waals surface area contributed by atoms with Gasteiger partial charge >= 0.3 is 0 Å². The third-order valence-corrected chi connectivity index (χ3v) is 4.70. The molecule has 4 atom stereocenters. The van der Waals surface area contributed by atoms with Crippen molar-refractivity contribution >= 4 is 0 Å². The van der Waals surface area contributed by atoms with Gasteiger partial charge < -0.3 is 5.73 Å². The van der Waals surface area contributed by atoms with E-state index in [1.807, 2.05) is 0 Å². The first-order chi connectivity index (χ1) is 7.96. The fourth-order valence-electron chi connectivity index (χ4n) is 3.23. The number of likely N-dealkylation sites (tertiary alicyclic amines) is 1. The number of nitrogens with zero attached hydrogens (tertiary/aromatic N) is 2. The Morgan fingerprint density at radius 3 is 2.53 bits per heavy atom. The number of nitriles is 1. The molecule has 1 saturated heterocycles. The molecule has 3 nitrogen and oxygen atoms in total. The van der Waals surface area contributed by atoms with E-state index in [4.69, 9.17) is 5.73 Å². The van der Waals surface area contributed by atoms with Gasteiger partial charge in [0.25, 0.3) is 0 Å². The first kappa shape index (κ1) is 12.9. The van der Waals surface area contributed by atoms with Crippen molar-refractivity contribution in [3.63, 3.8) is 0 Å². The molecule has 1 heterocycles. The standard InChI is InChI=1S/C14H25N3/c1-10-6-11(2)12(3)17(7-10)9-14(16,8-15)13-4-5-13/h10-13H,4-7,9,16H2,1-3H3. The molecule has 96 valence electrons. The summed E-state index contributed by atoms with van der Waals surface area (Å²) in [5.74, 6) is 1.87. The zero-order valence-electron chi connectivity index (χ0n) is 11.3. The van der Waals surface area contributed by atoms with Crippen LogP contribution >= 0.6 is 0 Å². The molecule has 2 rings (SSSR count). The van der Waals surface area contributed by atoms with Crippen molar-refractivity contribution in [1.29, 1.82) is 5.26 Å². The van der Waals surface area contributed by atoms with Crippen molar-refractivity contribution in [2.75, 3.05) is 13.1 Å². The largest absolute Gasteiger partial charge is 0.312 e. The van der Waals surface area contributed by atoms with Crippen molar-refractivity contribution in [3.05, 3.63) is 0 Å². The van der Waals surface area contributed by atoms with Gasteiger partial charge in [0.2, 0.25) is 0 Å². The Morgan fingerprint density at radius 2 is 2.00 bits per heavy atom. The molecule has 1 aliphatic heterocycles. The van der Waals surface area contributed by atoms with Gasteiger partial charge in [-0.1, -0.05) is 13.8 Å². The highest BCUT2D eigenvalue weighted by atomic mass is 15.2. The van der Waals surface area contributed by atoms with Crippen molar-refractivity contribution in [2.24, 2.45) is 23.5 Å². The molecule has 17 heavy (non-hydrogen) atoms. The van der Waals surface area contributed by atoms with E-state index in [0.29, 0.717) is 17.9 Å². The zero-order chi connectivity index (χ0) is 12.6. The third kappa shape index (κ3) is 2.64. The van der Waals surface area contributed by atoms with Crippen molar-refractivity contribution in [1.82, 2.24) is 4.90 Å². The summed E-state index contributed by atoms with van der Waals surface area (Å²) in [5, 5.41) is 9.34. The van der Waals surface area contributed by atoms with Gasteiger partial charge in [0.15, 0.2) is 0 Å². The summed E-state index contributed by atoms with van der Waals surface area (Å²) < 4.78 is 0. The normalized spacial score (nSPS) is 38.4. The lowest BCUT2D eigenvalue weighted by Gasteiger charge is -2.43. The molecule has 2 aliphatic rings. The molecule has 0 bridgehead atoms. The molecule has 0 aromatic heterocycles. The van der Waals surface area contributed by atoms with Gasteiger partial charge in [-0.05, 0) is 43.9 Å². The monoisotopic (exact) mass is 235 g/mol. The minimum atomic E-state index is -0.606. The van der Waals surface area contributed by atoms with Crippen LogP contribution in [-0.4, -0.2) is 29.6 Å². The van der Waals surface area contributed by atoms with E-state index in [9.17, 15) is 5.26 Å².